The number of likely N-dealkylation sites (N-methyl/N-ethyl adjacent to an activating group) is 1. The molecule has 0 fully saturated rings. The number of rotatable bonds is 11. The van der Waals surface area contributed by atoms with E-state index in [2.05, 4.69) is 5.32 Å². The highest BCUT2D eigenvalue weighted by Crippen LogP contribution is 2.35. The number of hydrogen-bond donors (Lipinski definition) is 1. The Labute approximate surface area is 233 Å². The number of nitrogens with zero attached hydrogens (tertiary/aromatic N) is 2. The second-order valence-electron chi connectivity index (χ2n) is 8.32. The van der Waals surface area contributed by atoms with Gasteiger partial charge in [-0.15, -0.1) is 0 Å². The van der Waals surface area contributed by atoms with Crippen molar-refractivity contribution in [3.05, 3.63) is 88.4 Å². The number of hydrogen-bond acceptors (Lipinski definition) is 5. The van der Waals surface area contributed by atoms with Crippen LogP contribution in [0.5, 0.6) is 5.75 Å². The van der Waals surface area contributed by atoms with Gasteiger partial charge in [0.2, 0.25) is 11.8 Å². The lowest BCUT2D eigenvalue weighted by molar-refractivity contribution is -0.139. The van der Waals surface area contributed by atoms with Crippen molar-refractivity contribution in [3.8, 4) is 5.75 Å². The maximum Gasteiger partial charge on any atom is 0.264 e. The molecule has 8 nitrogen and oxygen atoms in total. The van der Waals surface area contributed by atoms with Crippen LogP contribution in [-0.2, 0) is 26.2 Å². The van der Waals surface area contributed by atoms with Crippen LogP contribution in [0.4, 0.5) is 5.69 Å². The van der Waals surface area contributed by atoms with E-state index in [4.69, 9.17) is 27.9 Å². The number of carbonyl (C=O) groups excluding carboxylic acids is 2. The number of carbonyl (C=O) groups is 2. The van der Waals surface area contributed by atoms with Gasteiger partial charge < -0.3 is 15.0 Å². The smallest absolute Gasteiger partial charge is 0.264 e. The van der Waals surface area contributed by atoms with Crippen molar-refractivity contribution in [1.82, 2.24) is 10.2 Å². The van der Waals surface area contributed by atoms with Crippen LogP contribution in [0.3, 0.4) is 0 Å². The molecule has 38 heavy (non-hydrogen) atoms. The minimum absolute atomic E-state index is 0.0112. The average Bonchev–Trinajstić information content (AvgIpc) is 2.91. The highest BCUT2D eigenvalue weighted by atomic mass is 35.5. The van der Waals surface area contributed by atoms with E-state index in [0.717, 1.165) is 4.31 Å². The van der Waals surface area contributed by atoms with Crippen molar-refractivity contribution in [1.29, 1.82) is 0 Å². The minimum atomic E-state index is -4.25. The van der Waals surface area contributed by atoms with E-state index in [1.807, 2.05) is 0 Å². The molecule has 0 aromatic heterocycles. The van der Waals surface area contributed by atoms with Gasteiger partial charge in [0.05, 0.1) is 17.7 Å². The van der Waals surface area contributed by atoms with Gasteiger partial charge in [-0.25, -0.2) is 8.42 Å². The Balaban J connectivity index is 2.10. The van der Waals surface area contributed by atoms with Crippen LogP contribution >= 0.6 is 23.2 Å². The number of nitrogens with one attached hydrogen (secondary N) is 1. The predicted octanol–water partition coefficient (Wildman–Crippen LogP) is 4.75. The number of benzene rings is 3. The molecule has 202 valence electrons. The predicted molar refractivity (Wildman–Crippen MR) is 149 cm³/mol. The van der Waals surface area contributed by atoms with Crippen molar-refractivity contribution >= 4 is 50.7 Å². The fourth-order valence-electron chi connectivity index (χ4n) is 3.81. The van der Waals surface area contributed by atoms with Crippen LogP contribution in [0, 0.1) is 0 Å². The first-order valence-electron chi connectivity index (χ1n) is 11.8. The molecule has 0 aliphatic carbocycles. The molecule has 0 aliphatic heterocycles. The lowest BCUT2D eigenvalue weighted by atomic mass is 10.1. The number of anilines is 1. The fraction of sp³-hybridized carbons (Fsp3) is 0.259. The SMILES string of the molecule is CCNC(=O)[C@@H](C)N(Cc1ccccc1Cl)C(=O)CN(c1cc(Cl)ccc1OC)S(=O)(=O)c1ccccc1. The Morgan fingerprint density at radius 2 is 1.66 bits per heavy atom. The van der Waals surface area contributed by atoms with Crippen molar-refractivity contribution in [2.75, 3.05) is 24.5 Å². The van der Waals surface area contributed by atoms with Crippen LogP contribution < -0.4 is 14.4 Å². The number of methoxy groups -OCH3 is 1. The third-order valence-electron chi connectivity index (χ3n) is 5.84. The van der Waals surface area contributed by atoms with Gasteiger partial charge in [0, 0.05) is 23.1 Å². The third kappa shape index (κ3) is 6.78. The van der Waals surface area contributed by atoms with Crippen LogP contribution in [0.2, 0.25) is 10.0 Å². The monoisotopic (exact) mass is 577 g/mol. The molecule has 1 N–H and O–H groups in total. The van der Waals surface area contributed by atoms with Crippen LogP contribution in [0.25, 0.3) is 0 Å². The summed E-state index contributed by atoms with van der Waals surface area (Å²) in [5, 5.41) is 3.38. The molecule has 0 saturated carbocycles. The Morgan fingerprint density at radius 1 is 1.00 bits per heavy atom. The number of ether oxygens (including phenoxy) is 1. The van der Waals surface area contributed by atoms with E-state index in [9.17, 15) is 18.0 Å². The molecule has 0 spiro atoms. The molecule has 0 saturated heterocycles. The van der Waals surface area contributed by atoms with Gasteiger partial charge in [-0.2, -0.15) is 0 Å². The standard InChI is InChI=1S/C27H29Cl2N3O5S/c1-4-30-27(34)19(2)31(17-20-10-8-9-13-23(20)29)26(33)18-32(24-16-21(28)14-15-25(24)37-3)38(35,36)22-11-6-5-7-12-22/h5-16,19H,4,17-18H2,1-3H3,(H,30,34)/t19-/m1/s1. The van der Waals surface area contributed by atoms with E-state index >= 15 is 0 Å². The van der Waals surface area contributed by atoms with Crippen molar-refractivity contribution < 1.29 is 22.7 Å². The molecule has 11 heteroatoms. The summed E-state index contributed by atoms with van der Waals surface area (Å²) in [5.41, 5.74) is 0.692. The average molecular weight is 579 g/mol. The molecular formula is C27H29Cl2N3O5S. The molecule has 3 aromatic rings. The highest BCUT2D eigenvalue weighted by Gasteiger charge is 2.34. The summed E-state index contributed by atoms with van der Waals surface area (Å²) in [5.74, 6) is -0.799. The summed E-state index contributed by atoms with van der Waals surface area (Å²) in [6.07, 6.45) is 0. The van der Waals surface area contributed by atoms with E-state index in [1.54, 1.807) is 62.4 Å². The van der Waals surface area contributed by atoms with Crippen molar-refractivity contribution in [3.63, 3.8) is 0 Å². The molecule has 0 radical (unpaired) electrons. The Kier molecular flexibility index (Phi) is 10.0. The lowest BCUT2D eigenvalue weighted by Crippen LogP contribution is -2.51. The van der Waals surface area contributed by atoms with Gasteiger partial charge in [0.25, 0.3) is 10.0 Å². The zero-order chi connectivity index (χ0) is 27.9. The lowest BCUT2D eigenvalue weighted by Gasteiger charge is -2.32. The molecule has 0 unspecified atom stereocenters. The maximum atomic E-state index is 13.9. The van der Waals surface area contributed by atoms with Gasteiger partial charge in [-0.05, 0) is 55.8 Å². The summed E-state index contributed by atoms with van der Waals surface area (Å²) in [6, 6.07) is 18.2. The molecule has 3 rings (SSSR count). The van der Waals surface area contributed by atoms with E-state index in [-0.39, 0.29) is 33.8 Å². The quantitative estimate of drug-likeness (QED) is 0.354. The molecule has 0 bridgehead atoms. The first kappa shape index (κ1) is 29.3. The second-order valence-corrected chi connectivity index (χ2v) is 11.0. The van der Waals surface area contributed by atoms with Gasteiger partial charge in [-0.3, -0.25) is 13.9 Å². The minimum Gasteiger partial charge on any atom is -0.495 e. The Morgan fingerprint density at radius 3 is 2.29 bits per heavy atom. The zero-order valence-electron chi connectivity index (χ0n) is 21.2. The topological polar surface area (TPSA) is 96.0 Å². The van der Waals surface area contributed by atoms with E-state index in [1.165, 1.54) is 36.3 Å². The molecular weight excluding hydrogens is 549 g/mol. The van der Waals surface area contributed by atoms with E-state index in [0.29, 0.717) is 17.1 Å². The molecule has 2 amide bonds. The largest absolute Gasteiger partial charge is 0.495 e. The molecule has 1 atom stereocenters. The highest BCUT2D eigenvalue weighted by molar-refractivity contribution is 7.92. The summed E-state index contributed by atoms with van der Waals surface area (Å²) in [4.78, 5) is 27.9. The summed E-state index contributed by atoms with van der Waals surface area (Å²) in [6.45, 7) is 3.08. The van der Waals surface area contributed by atoms with Gasteiger partial charge in [0.15, 0.2) is 0 Å². The Bertz CT molecular complexity index is 1390. The number of halogens is 2. The first-order valence-corrected chi connectivity index (χ1v) is 14.0. The van der Waals surface area contributed by atoms with Gasteiger partial charge in [-0.1, -0.05) is 59.6 Å². The van der Waals surface area contributed by atoms with Crippen LogP contribution in [0.1, 0.15) is 19.4 Å². The van der Waals surface area contributed by atoms with E-state index < -0.39 is 28.5 Å². The molecule has 3 aromatic carbocycles. The maximum absolute atomic E-state index is 13.9. The zero-order valence-corrected chi connectivity index (χ0v) is 23.6. The molecule has 0 aliphatic rings. The van der Waals surface area contributed by atoms with Crippen LogP contribution in [0.15, 0.2) is 77.7 Å². The number of sulfonamides is 1. The third-order valence-corrected chi connectivity index (χ3v) is 8.21. The van der Waals surface area contributed by atoms with Crippen molar-refractivity contribution in [2.24, 2.45) is 0 Å². The summed E-state index contributed by atoms with van der Waals surface area (Å²) >= 11 is 12.6. The van der Waals surface area contributed by atoms with Crippen molar-refractivity contribution in [2.45, 2.75) is 31.3 Å². The van der Waals surface area contributed by atoms with Crippen LogP contribution in [-0.4, -0.2) is 51.4 Å². The normalized spacial score (nSPS) is 11.9. The van der Waals surface area contributed by atoms with Gasteiger partial charge >= 0.3 is 0 Å². The second kappa shape index (κ2) is 13.0. The molecule has 0 heterocycles. The Hall–Kier alpha value is -3.27. The summed E-state index contributed by atoms with van der Waals surface area (Å²) in [7, 11) is -2.86. The van der Waals surface area contributed by atoms with Gasteiger partial charge in [0.1, 0.15) is 18.3 Å². The first-order chi connectivity index (χ1) is 18.1. The number of amides is 2. The summed E-state index contributed by atoms with van der Waals surface area (Å²) < 4.78 is 34.0. The fourth-order valence-corrected chi connectivity index (χ4v) is 5.61.